The molecule has 122 valence electrons. The Morgan fingerprint density at radius 3 is 2.67 bits per heavy atom. The molecule has 1 amide bonds. The van der Waals surface area contributed by atoms with Gasteiger partial charge in [-0.3, -0.25) is 4.79 Å². The molecule has 0 saturated heterocycles. The normalized spacial score (nSPS) is 10.6. The number of aryl methyl sites for hydroxylation is 1. The van der Waals surface area contributed by atoms with E-state index >= 15 is 0 Å². The molecule has 8 heteroatoms. The molecule has 0 saturated carbocycles. The SMILES string of the molecule is Cc1cc(NC(=O)Cc2ccc(Cl)c(Cl)c2)ccc1-n1cnnn1. The van der Waals surface area contributed by atoms with E-state index in [4.69, 9.17) is 23.2 Å². The van der Waals surface area contributed by atoms with E-state index in [0.29, 0.717) is 15.7 Å². The molecule has 0 bridgehead atoms. The van der Waals surface area contributed by atoms with Crippen molar-refractivity contribution >= 4 is 34.8 Å². The Hall–Kier alpha value is -2.44. The van der Waals surface area contributed by atoms with E-state index in [9.17, 15) is 4.79 Å². The maximum atomic E-state index is 12.2. The third-order valence-corrected chi connectivity index (χ3v) is 4.16. The van der Waals surface area contributed by atoms with E-state index in [1.54, 1.807) is 28.9 Å². The largest absolute Gasteiger partial charge is 0.326 e. The van der Waals surface area contributed by atoms with Crippen LogP contribution in [-0.4, -0.2) is 26.1 Å². The molecule has 0 spiro atoms. The zero-order chi connectivity index (χ0) is 17.1. The van der Waals surface area contributed by atoms with Crippen molar-refractivity contribution in [2.24, 2.45) is 0 Å². The summed E-state index contributed by atoms with van der Waals surface area (Å²) in [5, 5.41) is 14.8. The van der Waals surface area contributed by atoms with Gasteiger partial charge in [0, 0.05) is 5.69 Å². The molecule has 0 radical (unpaired) electrons. The Kier molecular flexibility index (Phi) is 4.78. The van der Waals surface area contributed by atoms with Crippen molar-refractivity contribution in [2.45, 2.75) is 13.3 Å². The summed E-state index contributed by atoms with van der Waals surface area (Å²) in [7, 11) is 0. The van der Waals surface area contributed by atoms with Gasteiger partial charge in [-0.2, -0.15) is 0 Å². The number of hydrogen-bond donors (Lipinski definition) is 1. The van der Waals surface area contributed by atoms with Gasteiger partial charge in [0.15, 0.2) is 0 Å². The van der Waals surface area contributed by atoms with Crippen LogP contribution in [0.5, 0.6) is 0 Å². The Morgan fingerprint density at radius 2 is 2.00 bits per heavy atom. The van der Waals surface area contributed by atoms with Crippen LogP contribution < -0.4 is 5.32 Å². The number of nitrogens with zero attached hydrogens (tertiary/aromatic N) is 4. The summed E-state index contributed by atoms with van der Waals surface area (Å²) in [5.41, 5.74) is 3.29. The van der Waals surface area contributed by atoms with Crippen molar-refractivity contribution in [3.63, 3.8) is 0 Å². The maximum Gasteiger partial charge on any atom is 0.228 e. The fourth-order valence-electron chi connectivity index (χ4n) is 2.30. The monoisotopic (exact) mass is 361 g/mol. The highest BCUT2D eigenvalue weighted by atomic mass is 35.5. The summed E-state index contributed by atoms with van der Waals surface area (Å²) < 4.78 is 1.57. The molecule has 0 aliphatic heterocycles. The zero-order valence-corrected chi connectivity index (χ0v) is 14.2. The number of carbonyl (C=O) groups is 1. The van der Waals surface area contributed by atoms with Gasteiger partial charge in [0.1, 0.15) is 6.33 Å². The van der Waals surface area contributed by atoms with Gasteiger partial charge in [0.05, 0.1) is 22.2 Å². The summed E-state index contributed by atoms with van der Waals surface area (Å²) in [5.74, 6) is -0.136. The molecule has 0 aliphatic rings. The number of hydrogen-bond acceptors (Lipinski definition) is 4. The Balaban J connectivity index is 1.70. The third-order valence-electron chi connectivity index (χ3n) is 3.43. The van der Waals surface area contributed by atoms with E-state index in [1.807, 2.05) is 19.1 Å². The number of anilines is 1. The Bertz CT molecular complexity index is 880. The minimum Gasteiger partial charge on any atom is -0.326 e. The van der Waals surface area contributed by atoms with Gasteiger partial charge in [-0.1, -0.05) is 29.3 Å². The van der Waals surface area contributed by atoms with Gasteiger partial charge >= 0.3 is 0 Å². The van der Waals surface area contributed by atoms with Crippen molar-refractivity contribution in [3.05, 3.63) is 63.9 Å². The Morgan fingerprint density at radius 1 is 1.17 bits per heavy atom. The van der Waals surface area contributed by atoms with Crippen LogP contribution in [0.25, 0.3) is 5.69 Å². The molecule has 3 aromatic rings. The smallest absolute Gasteiger partial charge is 0.228 e. The first-order valence-corrected chi connectivity index (χ1v) is 7.86. The second kappa shape index (κ2) is 6.98. The second-order valence-corrected chi connectivity index (χ2v) is 6.04. The van der Waals surface area contributed by atoms with Crippen molar-refractivity contribution in [2.75, 3.05) is 5.32 Å². The maximum absolute atomic E-state index is 12.2. The molecule has 1 heterocycles. The average molecular weight is 362 g/mol. The molecule has 0 aliphatic carbocycles. The van der Waals surface area contributed by atoms with E-state index in [1.165, 1.54) is 6.33 Å². The zero-order valence-electron chi connectivity index (χ0n) is 12.7. The summed E-state index contributed by atoms with van der Waals surface area (Å²) >= 11 is 11.8. The summed E-state index contributed by atoms with van der Waals surface area (Å²) in [6, 6.07) is 10.7. The van der Waals surface area contributed by atoms with Gasteiger partial charge in [0.25, 0.3) is 0 Å². The standard InChI is InChI=1S/C16H13Cl2N5O/c1-10-6-12(3-5-15(10)23-9-19-21-22-23)20-16(24)8-11-2-4-13(17)14(18)7-11/h2-7,9H,8H2,1H3,(H,20,24). The van der Waals surface area contributed by atoms with Gasteiger partial charge in [-0.25, -0.2) is 4.68 Å². The highest BCUT2D eigenvalue weighted by Crippen LogP contribution is 2.23. The fourth-order valence-corrected chi connectivity index (χ4v) is 2.62. The topological polar surface area (TPSA) is 72.7 Å². The van der Waals surface area contributed by atoms with Crippen LogP contribution in [0, 0.1) is 6.92 Å². The number of benzene rings is 2. The first-order chi connectivity index (χ1) is 11.5. The summed E-state index contributed by atoms with van der Waals surface area (Å²) in [4.78, 5) is 12.2. The van der Waals surface area contributed by atoms with Gasteiger partial charge < -0.3 is 5.32 Å². The lowest BCUT2D eigenvalue weighted by atomic mass is 10.1. The van der Waals surface area contributed by atoms with Crippen molar-refractivity contribution < 1.29 is 4.79 Å². The van der Waals surface area contributed by atoms with Gasteiger partial charge in [-0.15, -0.1) is 5.10 Å². The molecule has 0 fully saturated rings. The molecular formula is C16H13Cl2N5O. The van der Waals surface area contributed by atoms with E-state index in [-0.39, 0.29) is 12.3 Å². The van der Waals surface area contributed by atoms with Gasteiger partial charge in [0.2, 0.25) is 5.91 Å². The predicted octanol–water partition coefficient (Wildman–Crippen LogP) is 3.46. The Labute approximate surface area is 148 Å². The number of halogens is 2. The number of carbonyl (C=O) groups excluding carboxylic acids is 1. The highest BCUT2D eigenvalue weighted by molar-refractivity contribution is 6.42. The first kappa shape index (κ1) is 16.4. The van der Waals surface area contributed by atoms with Crippen LogP contribution in [0.15, 0.2) is 42.7 Å². The number of aromatic nitrogens is 4. The molecule has 0 atom stereocenters. The van der Waals surface area contributed by atoms with Crippen LogP contribution in [0.3, 0.4) is 0 Å². The summed E-state index contributed by atoms with van der Waals surface area (Å²) in [6.07, 6.45) is 1.73. The quantitative estimate of drug-likeness (QED) is 0.772. The van der Waals surface area contributed by atoms with Crippen molar-refractivity contribution in [1.82, 2.24) is 20.2 Å². The molecule has 1 N–H and O–H groups in total. The highest BCUT2D eigenvalue weighted by Gasteiger charge is 2.08. The number of amides is 1. The minimum atomic E-state index is -0.136. The lowest BCUT2D eigenvalue weighted by Gasteiger charge is -2.09. The number of nitrogens with one attached hydrogen (secondary N) is 1. The summed E-state index contributed by atoms with van der Waals surface area (Å²) in [6.45, 7) is 1.92. The first-order valence-electron chi connectivity index (χ1n) is 7.11. The molecule has 6 nitrogen and oxygen atoms in total. The van der Waals surface area contributed by atoms with E-state index < -0.39 is 0 Å². The lowest BCUT2D eigenvalue weighted by Crippen LogP contribution is -2.14. The molecule has 3 rings (SSSR count). The van der Waals surface area contributed by atoms with Crippen molar-refractivity contribution in [3.8, 4) is 5.69 Å². The third kappa shape index (κ3) is 3.72. The molecule has 1 aromatic heterocycles. The van der Waals surface area contributed by atoms with Crippen LogP contribution in [0.4, 0.5) is 5.69 Å². The molecule has 24 heavy (non-hydrogen) atoms. The van der Waals surface area contributed by atoms with Crippen LogP contribution in [0.2, 0.25) is 10.0 Å². The average Bonchev–Trinajstić information content (AvgIpc) is 3.05. The second-order valence-electron chi connectivity index (χ2n) is 5.23. The van der Waals surface area contributed by atoms with Gasteiger partial charge in [-0.05, 0) is 58.8 Å². The number of rotatable bonds is 4. The van der Waals surface area contributed by atoms with Crippen LogP contribution >= 0.6 is 23.2 Å². The minimum absolute atomic E-state index is 0.136. The van der Waals surface area contributed by atoms with E-state index in [0.717, 1.165) is 16.8 Å². The number of tetrazole rings is 1. The van der Waals surface area contributed by atoms with Crippen LogP contribution in [-0.2, 0) is 11.2 Å². The molecule has 0 unspecified atom stereocenters. The lowest BCUT2D eigenvalue weighted by molar-refractivity contribution is -0.115. The van der Waals surface area contributed by atoms with E-state index in [2.05, 4.69) is 20.8 Å². The van der Waals surface area contributed by atoms with Crippen molar-refractivity contribution in [1.29, 1.82) is 0 Å². The molecular weight excluding hydrogens is 349 g/mol. The fraction of sp³-hybridized carbons (Fsp3) is 0.125. The molecule has 2 aromatic carbocycles. The van der Waals surface area contributed by atoms with Crippen LogP contribution in [0.1, 0.15) is 11.1 Å². The predicted molar refractivity (Wildman–Crippen MR) is 92.7 cm³/mol.